The van der Waals surface area contributed by atoms with Gasteiger partial charge in [-0.2, -0.15) is 0 Å². The smallest absolute Gasteiger partial charge is 0.161 e. The molecule has 0 aliphatic carbocycles. The summed E-state index contributed by atoms with van der Waals surface area (Å²) in [5, 5.41) is 0.963. The third kappa shape index (κ3) is 3.42. The summed E-state index contributed by atoms with van der Waals surface area (Å²) in [6, 6.07) is 25.4. The molecule has 0 saturated carbocycles. The maximum Gasteiger partial charge on any atom is 0.161 e. The molecule has 0 atom stereocenters. The van der Waals surface area contributed by atoms with Crippen molar-refractivity contribution in [2.75, 3.05) is 14.2 Å². The van der Waals surface area contributed by atoms with E-state index in [1.54, 1.807) is 14.2 Å². The van der Waals surface area contributed by atoms with E-state index in [4.69, 9.17) is 19.2 Å². The molecule has 4 nitrogen and oxygen atoms in total. The number of methoxy groups -OCH3 is 2. The molecule has 0 radical (unpaired) electrons. The minimum Gasteiger partial charge on any atom is -0.493 e. The Morgan fingerprint density at radius 1 is 0.667 bits per heavy atom. The lowest BCUT2D eigenvalue weighted by molar-refractivity contribution is 0.355. The highest BCUT2D eigenvalue weighted by molar-refractivity contribution is 5.88. The number of rotatable bonds is 5. The monoisotopic (exact) mass is 357 g/mol. The molecule has 27 heavy (non-hydrogen) atoms. The fraction of sp³-hybridized carbons (Fsp3) is 0.0870. The van der Waals surface area contributed by atoms with Crippen molar-refractivity contribution >= 4 is 10.9 Å². The Labute approximate surface area is 158 Å². The summed E-state index contributed by atoms with van der Waals surface area (Å²) in [5.41, 5.74) is 2.60. The van der Waals surface area contributed by atoms with Gasteiger partial charge in [0.05, 0.1) is 25.4 Å². The number of ether oxygens (including phenoxy) is 3. The van der Waals surface area contributed by atoms with E-state index in [0.717, 1.165) is 33.7 Å². The third-order valence-electron chi connectivity index (χ3n) is 4.33. The Morgan fingerprint density at radius 2 is 1.41 bits per heavy atom. The first-order chi connectivity index (χ1) is 13.3. The van der Waals surface area contributed by atoms with Crippen LogP contribution in [0.5, 0.6) is 23.0 Å². The largest absolute Gasteiger partial charge is 0.493 e. The van der Waals surface area contributed by atoms with Gasteiger partial charge in [0.2, 0.25) is 0 Å². The van der Waals surface area contributed by atoms with E-state index in [2.05, 4.69) is 0 Å². The van der Waals surface area contributed by atoms with Crippen molar-refractivity contribution in [1.82, 2.24) is 4.98 Å². The van der Waals surface area contributed by atoms with Crippen molar-refractivity contribution in [3.05, 3.63) is 78.9 Å². The number of pyridine rings is 1. The Morgan fingerprint density at radius 3 is 2.19 bits per heavy atom. The molecule has 0 fully saturated rings. The fourth-order valence-electron chi connectivity index (χ4n) is 2.99. The predicted octanol–water partition coefficient (Wildman–Crippen LogP) is 5.71. The average molecular weight is 357 g/mol. The van der Waals surface area contributed by atoms with Crippen LogP contribution in [-0.2, 0) is 0 Å². The molecule has 4 aromatic rings. The number of hydrogen-bond donors (Lipinski definition) is 0. The van der Waals surface area contributed by atoms with Crippen molar-refractivity contribution in [1.29, 1.82) is 0 Å². The summed E-state index contributed by atoms with van der Waals surface area (Å²) in [5.74, 6) is 2.89. The number of aromatic nitrogens is 1. The van der Waals surface area contributed by atoms with E-state index in [1.807, 2.05) is 78.9 Å². The predicted molar refractivity (Wildman–Crippen MR) is 107 cm³/mol. The second kappa shape index (κ2) is 7.38. The van der Waals surface area contributed by atoms with Gasteiger partial charge in [0.15, 0.2) is 11.5 Å². The number of nitrogens with zero attached hydrogens (tertiary/aromatic N) is 1. The lowest BCUT2D eigenvalue weighted by Crippen LogP contribution is -1.93. The van der Waals surface area contributed by atoms with Gasteiger partial charge in [-0.15, -0.1) is 0 Å². The van der Waals surface area contributed by atoms with Gasteiger partial charge < -0.3 is 14.2 Å². The standard InChI is InChI=1S/C23H19NO3/c1-25-21-13-12-16(14-23(21)26-2)20-15-22(27-17-8-4-3-5-9-17)18-10-6-7-11-19(18)24-20/h3-15H,1-2H3. The molecule has 1 aromatic heterocycles. The van der Waals surface area contributed by atoms with Gasteiger partial charge >= 0.3 is 0 Å². The molecule has 4 rings (SSSR count). The SMILES string of the molecule is COc1ccc(-c2cc(Oc3ccccc3)c3ccccc3n2)cc1OC. The van der Waals surface area contributed by atoms with Gasteiger partial charge in [0.25, 0.3) is 0 Å². The van der Waals surface area contributed by atoms with E-state index < -0.39 is 0 Å². The number of fused-ring (bicyclic) bond motifs is 1. The summed E-state index contributed by atoms with van der Waals surface area (Å²) >= 11 is 0. The minimum atomic E-state index is 0.662. The Bertz CT molecular complexity index is 1080. The number of benzene rings is 3. The Kier molecular flexibility index (Phi) is 4.62. The molecule has 3 aromatic carbocycles. The molecule has 0 saturated heterocycles. The van der Waals surface area contributed by atoms with Crippen molar-refractivity contribution in [2.24, 2.45) is 0 Å². The first-order valence-electron chi connectivity index (χ1n) is 8.63. The highest BCUT2D eigenvalue weighted by atomic mass is 16.5. The van der Waals surface area contributed by atoms with Crippen LogP contribution in [0.1, 0.15) is 0 Å². The molecule has 0 aliphatic heterocycles. The molecule has 0 bridgehead atoms. The molecular weight excluding hydrogens is 338 g/mol. The maximum absolute atomic E-state index is 6.16. The quantitative estimate of drug-likeness (QED) is 0.459. The van der Waals surface area contributed by atoms with Crippen LogP contribution in [-0.4, -0.2) is 19.2 Å². The van der Waals surface area contributed by atoms with Crippen LogP contribution in [0.4, 0.5) is 0 Å². The normalized spacial score (nSPS) is 10.6. The van der Waals surface area contributed by atoms with E-state index >= 15 is 0 Å². The molecule has 1 heterocycles. The van der Waals surface area contributed by atoms with Crippen LogP contribution in [0.2, 0.25) is 0 Å². The molecule has 4 heteroatoms. The molecular formula is C23H19NO3. The first-order valence-corrected chi connectivity index (χ1v) is 8.63. The van der Waals surface area contributed by atoms with Gasteiger partial charge in [-0.05, 0) is 42.5 Å². The lowest BCUT2D eigenvalue weighted by atomic mass is 10.1. The first kappa shape index (κ1) is 16.9. The summed E-state index contributed by atoms with van der Waals surface area (Å²) < 4.78 is 16.9. The Hall–Kier alpha value is -3.53. The van der Waals surface area contributed by atoms with Gasteiger partial charge in [-0.25, -0.2) is 4.98 Å². The zero-order chi connectivity index (χ0) is 18.6. The Balaban J connectivity index is 1.84. The van der Waals surface area contributed by atoms with Crippen molar-refractivity contribution < 1.29 is 14.2 Å². The zero-order valence-electron chi connectivity index (χ0n) is 15.2. The van der Waals surface area contributed by atoms with Crippen molar-refractivity contribution in [3.8, 4) is 34.3 Å². The van der Waals surface area contributed by atoms with Crippen LogP contribution in [0, 0.1) is 0 Å². The maximum atomic E-state index is 6.16. The average Bonchev–Trinajstić information content (AvgIpc) is 2.74. The lowest BCUT2D eigenvalue weighted by Gasteiger charge is -2.13. The van der Waals surface area contributed by atoms with E-state index in [-0.39, 0.29) is 0 Å². The van der Waals surface area contributed by atoms with Gasteiger partial charge in [-0.1, -0.05) is 30.3 Å². The molecule has 0 unspecified atom stereocenters. The van der Waals surface area contributed by atoms with E-state index in [0.29, 0.717) is 11.5 Å². The van der Waals surface area contributed by atoms with Gasteiger partial charge in [0, 0.05) is 17.0 Å². The van der Waals surface area contributed by atoms with E-state index in [9.17, 15) is 0 Å². The van der Waals surface area contributed by atoms with Crippen molar-refractivity contribution in [3.63, 3.8) is 0 Å². The van der Waals surface area contributed by atoms with Gasteiger partial charge in [0.1, 0.15) is 11.5 Å². The number of hydrogen-bond acceptors (Lipinski definition) is 4. The summed E-state index contributed by atoms with van der Waals surface area (Å²) in [4.78, 5) is 4.80. The van der Waals surface area contributed by atoms with Crippen LogP contribution in [0.3, 0.4) is 0 Å². The topological polar surface area (TPSA) is 40.6 Å². The zero-order valence-corrected chi connectivity index (χ0v) is 15.2. The van der Waals surface area contributed by atoms with Gasteiger partial charge in [-0.3, -0.25) is 0 Å². The summed E-state index contributed by atoms with van der Waals surface area (Å²) in [6.07, 6.45) is 0. The summed E-state index contributed by atoms with van der Waals surface area (Å²) in [7, 11) is 3.25. The third-order valence-corrected chi connectivity index (χ3v) is 4.33. The highest BCUT2D eigenvalue weighted by Crippen LogP contribution is 2.36. The molecule has 0 N–H and O–H groups in total. The number of para-hydroxylation sites is 2. The molecule has 0 aliphatic rings. The molecule has 0 spiro atoms. The van der Waals surface area contributed by atoms with Crippen LogP contribution < -0.4 is 14.2 Å². The van der Waals surface area contributed by atoms with Crippen LogP contribution in [0.25, 0.3) is 22.2 Å². The molecule has 0 amide bonds. The second-order valence-electron chi connectivity index (χ2n) is 6.01. The summed E-state index contributed by atoms with van der Waals surface area (Å²) in [6.45, 7) is 0. The fourth-order valence-corrected chi connectivity index (χ4v) is 2.99. The van der Waals surface area contributed by atoms with Crippen molar-refractivity contribution in [2.45, 2.75) is 0 Å². The minimum absolute atomic E-state index is 0.662. The highest BCUT2D eigenvalue weighted by Gasteiger charge is 2.12. The van der Waals surface area contributed by atoms with E-state index in [1.165, 1.54) is 0 Å². The molecule has 134 valence electrons. The van der Waals surface area contributed by atoms with Crippen LogP contribution in [0.15, 0.2) is 78.9 Å². The van der Waals surface area contributed by atoms with Crippen LogP contribution >= 0.6 is 0 Å². The second-order valence-corrected chi connectivity index (χ2v) is 6.01.